The molecule has 4 rings (SSSR count). The summed E-state index contributed by atoms with van der Waals surface area (Å²) >= 11 is 0. The number of amides is 1. The Hall–Kier alpha value is -3.58. The first-order valence-corrected chi connectivity index (χ1v) is 10.2. The molecule has 4 aromatic rings. The Balaban J connectivity index is 1.49. The zero-order valence-electron chi connectivity index (χ0n) is 17.1. The van der Waals surface area contributed by atoms with Gasteiger partial charge in [-0.2, -0.15) is 13.2 Å². The molecule has 3 aromatic carbocycles. The van der Waals surface area contributed by atoms with E-state index in [1.165, 1.54) is 12.1 Å². The summed E-state index contributed by atoms with van der Waals surface area (Å²) in [5.41, 5.74) is 2.20. The van der Waals surface area contributed by atoms with Crippen molar-refractivity contribution in [2.75, 3.05) is 11.9 Å². The molecule has 0 unspecified atom stereocenters. The van der Waals surface area contributed by atoms with E-state index in [-0.39, 0.29) is 5.69 Å². The lowest BCUT2D eigenvalue weighted by Crippen LogP contribution is -2.34. The van der Waals surface area contributed by atoms with Crippen LogP contribution in [-0.2, 0) is 17.4 Å². The lowest BCUT2D eigenvalue weighted by atomic mass is 10.0. The van der Waals surface area contributed by atoms with E-state index in [0.29, 0.717) is 13.0 Å². The van der Waals surface area contributed by atoms with Gasteiger partial charge in [-0.25, -0.2) is 0 Å². The van der Waals surface area contributed by atoms with Crippen molar-refractivity contribution in [3.05, 3.63) is 102 Å². The molecule has 7 heteroatoms. The third kappa shape index (κ3) is 5.00. The van der Waals surface area contributed by atoms with Gasteiger partial charge in [0.1, 0.15) is 6.04 Å². The summed E-state index contributed by atoms with van der Waals surface area (Å²) < 4.78 is 39.0. The standard InChI is InChI=1S/C25H22F3N3O/c26-25(27,28)19-9-6-10-20(15-19)31-24(32)23(17-7-2-1-3-8-17)29-14-13-18-16-30-22-12-5-4-11-21(18)22/h1-12,15-16,23,29-30H,13-14H2,(H,31,32)/t23-/m0/s1. The number of alkyl halides is 3. The van der Waals surface area contributed by atoms with E-state index in [2.05, 4.69) is 15.6 Å². The van der Waals surface area contributed by atoms with Gasteiger partial charge in [-0.05, 0) is 41.8 Å². The summed E-state index contributed by atoms with van der Waals surface area (Å²) in [5.74, 6) is -0.422. The highest BCUT2D eigenvalue weighted by Gasteiger charge is 2.30. The second kappa shape index (κ2) is 9.28. The van der Waals surface area contributed by atoms with Gasteiger partial charge in [-0.3, -0.25) is 4.79 Å². The van der Waals surface area contributed by atoms with Crippen LogP contribution in [0.5, 0.6) is 0 Å². The van der Waals surface area contributed by atoms with Gasteiger partial charge in [0, 0.05) is 29.3 Å². The van der Waals surface area contributed by atoms with E-state index in [9.17, 15) is 18.0 Å². The minimum Gasteiger partial charge on any atom is -0.361 e. The Labute approximate surface area is 183 Å². The van der Waals surface area contributed by atoms with Crippen molar-refractivity contribution < 1.29 is 18.0 Å². The fourth-order valence-electron chi connectivity index (χ4n) is 3.68. The lowest BCUT2D eigenvalue weighted by molar-refractivity contribution is -0.137. The maximum atomic E-state index is 13.0. The summed E-state index contributed by atoms with van der Waals surface area (Å²) in [5, 5.41) is 7.00. The van der Waals surface area contributed by atoms with Gasteiger partial charge < -0.3 is 15.6 Å². The molecule has 0 fully saturated rings. The van der Waals surface area contributed by atoms with Gasteiger partial charge in [0.05, 0.1) is 5.56 Å². The van der Waals surface area contributed by atoms with Crippen LogP contribution in [0.4, 0.5) is 18.9 Å². The molecule has 3 N–H and O–H groups in total. The number of aromatic amines is 1. The fraction of sp³-hybridized carbons (Fsp3) is 0.160. The zero-order valence-corrected chi connectivity index (χ0v) is 17.1. The number of halogens is 3. The molecule has 0 spiro atoms. The second-order valence-corrected chi connectivity index (χ2v) is 7.48. The topological polar surface area (TPSA) is 56.9 Å². The van der Waals surface area contributed by atoms with Crippen molar-refractivity contribution in [3.63, 3.8) is 0 Å². The van der Waals surface area contributed by atoms with Crippen LogP contribution in [0.25, 0.3) is 10.9 Å². The molecule has 0 saturated heterocycles. The number of hydrogen-bond acceptors (Lipinski definition) is 2. The summed E-state index contributed by atoms with van der Waals surface area (Å²) in [6, 6.07) is 21.0. The highest BCUT2D eigenvalue weighted by atomic mass is 19.4. The average molecular weight is 437 g/mol. The predicted molar refractivity (Wildman–Crippen MR) is 119 cm³/mol. The highest BCUT2D eigenvalue weighted by molar-refractivity contribution is 5.95. The SMILES string of the molecule is O=C(Nc1cccc(C(F)(F)F)c1)[C@@H](NCCc1c[nH]c2ccccc12)c1ccccc1. The monoisotopic (exact) mass is 437 g/mol. The van der Waals surface area contributed by atoms with Crippen molar-refractivity contribution in [2.45, 2.75) is 18.6 Å². The Kier molecular flexibility index (Phi) is 6.28. The molecule has 1 aromatic heterocycles. The molecular weight excluding hydrogens is 415 g/mol. The number of anilines is 1. The summed E-state index contributed by atoms with van der Waals surface area (Å²) in [6.45, 7) is 0.511. The van der Waals surface area contributed by atoms with Crippen LogP contribution in [0.1, 0.15) is 22.7 Å². The minimum atomic E-state index is -4.48. The maximum absolute atomic E-state index is 13.0. The average Bonchev–Trinajstić information content (AvgIpc) is 3.20. The van der Waals surface area contributed by atoms with Gasteiger partial charge in [0.2, 0.25) is 5.91 Å². The van der Waals surface area contributed by atoms with Crippen LogP contribution in [-0.4, -0.2) is 17.4 Å². The molecule has 0 radical (unpaired) electrons. The Morgan fingerprint density at radius 2 is 1.69 bits per heavy atom. The van der Waals surface area contributed by atoms with Crippen LogP contribution >= 0.6 is 0 Å². The molecule has 0 aliphatic rings. The summed E-state index contributed by atoms with van der Waals surface area (Å²) in [7, 11) is 0. The number of rotatable bonds is 7. The van der Waals surface area contributed by atoms with Crippen LogP contribution in [0, 0.1) is 0 Å². The molecule has 0 bridgehead atoms. The second-order valence-electron chi connectivity index (χ2n) is 7.48. The number of fused-ring (bicyclic) bond motifs is 1. The molecule has 0 saturated carbocycles. The van der Waals surface area contributed by atoms with E-state index >= 15 is 0 Å². The van der Waals surface area contributed by atoms with Crippen LogP contribution in [0.15, 0.2) is 85.1 Å². The van der Waals surface area contributed by atoms with E-state index in [4.69, 9.17) is 0 Å². The molecule has 0 aliphatic heterocycles. The number of carbonyl (C=O) groups excluding carboxylic acids is 1. The van der Waals surface area contributed by atoms with Crippen molar-refractivity contribution in [1.29, 1.82) is 0 Å². The van der Waals surface area contributed by atoms with Crippen LogP contribution in [0.2, 0.25) is 0 Å². The zero-order chi connectivity index (χ0) is 22.6. The van der Waals surface area contributed by atoms with Crippen LogP contribution < -0.4 is 10.6 Å². The number of carbonyl (C=O) groups is 1. The van der Waals surface area contributed by atoms with E-state index < -0.39 is 23.7 Å². The smallest absolute Gasteiger partial charge is 0.361 e. The third-order valence-electron chi connectivity index (χ3n) is 5.27. The molecule has 32 heavy (non-hydrogen) atoms. The number of nitrogens with one attached hydrogen (secondary N) is 3. The predicted octanol–water partition coefficient (Wildman–Crippen LogP) is 5.70. The molecule has 164 valence electrons. The Bertz CT molecular complexity index is 1200. The number of benzene rings is 3. The number of aromatic nitrogens is 1. The normalized spacial score (nSPS) is 12.6. The number of para-hydroxylation sites is 1. The molecule has 4 nitrogen and oxygen atoms in total. The fourth-order valence-corrected chi connectivity index (χ4v) is 3.68. The summed E-state index contributed by atoms with van der Waals surface area (Å²) in [6.07, 6.45) is -1.84. The molecule has 1 heterocycles. The first kappa shape index (κ1) is 21.6. The van der Waals surface area contributed by atoms with Crippen LogP contribution in [0.3, 0.4) is 0 Å². The van der Waals surface area contributed by atoms with Crippen molar-refractivity contribution in [3.8, 4) is 0 Å². The largest absolute Gasteiger partial charge is 0.416 e. The number of hydrogen-bond donors (Lipinski definition) is 3. The quantitative estimate of drug-likeness (QED) is 0.347. The summed E-state index contributed by atoms with van der Waals surface area (Å²) in [4.78, 5) is 16.2. The first-order valence-electron chi connectivity index (χ1n) is 10.2. The van der Waals surface area contributed by atoms with E-state index in [0.717, 1.165) is 34.2 Å². The van der Waals surface area contributed by atoms with Gasteiger partial charge in [0.25, 0.3) is 0 Å². The van der Waals surface area contributed by atoms with Crippen molar-refractivity contribution in [1.82, 2.24) is 10.3 Å². The van der Waals surface area contributed by atoms with Gasteiger partial charge >= 0.3 is 6.18 Å². The Morgan fingerprint density at radius 1 is 0.938 bits per heavy atom. The van der Waals surface area contributed by atoms with Gasteiger partial charge in [-0.1, -0.05) is 54.6 Å². The Morgan fingerprint density at radius 3 is 2.47 bits per heavy atom. The molecule has 0 aliphatic carbocycles. The van der Waals surface area contributed by atoms with E-state index in [1.54, 1.807) is 0 Å². The minimum absolute atomic E-state index is 0.101. The first-order chi connectivity index (χ1) is 15.4. The lowest BCUT2D eigenvalue weighted by Gasteiger charge is -2.19. The number of H-pyrrole nitrogens is 1. The molecular formula is C25H22F3N3O. The maximum Gasteiger partial charge on any atom is 0.416 e. The van der Waals surface area contributed by atoms with E-state index in [1.807, 2.05) is 60.8 Å². The highest BCUT2D eigenvalue weighted by Crippen LogP contribution is 2.31. The molecule has 1 atom stereocenters. The van der Waals surface area contributed by atoms with Gasteiger partial charge in [0.15, 0.2) is 0 Å². The van der Waals surface area contributed by atoms with Gasteiger partial charge in [-0.15, -0.1) is 0 Å². The molecule has 1 amide bonds. The van der Waals surface area contributed by atoms with Crippen molar-refractivity contribution in [2.24, 2.45) is 0 Å². The van der Waals surface area contributed by atoms with Crippen molar-refractivity contribution >= 4 is 22.5 Å². The third-order valence-corrected chi connectivity index (χ3v) is 5.27.